The molecule has 0 saturated carbocycles. The number of nitrogens with two attached hydrogens (primary N) is 1. The first-order chi connectivity index (χ1) is 10.3. The second kappa shape index (κ2) is 5.84. The molecule has 1 aliphatic carbocycles. The van der Waals surface area contributed by atoms with Crippen LogP contribution in [0.4, 0.5) is 18.9 Å². The monoisotopic (exact) mass is 312 g/mol. The molecule has 3 N–H and O–H groups in total. The van der Waals surface area contributed by atoms with E-state index < -0.39 is 29.8 Å². The third-order valence-corrected chi connectivity index (χ3v) is 3.39. The maximum atomic E-state index is 13.2. The zero-order valence-corrected chi connectivity index (χ0v) is 11.8. The number of amides is 1. The molecule has 1 aliphatic rings. The number of methoxy groups -OCH3 is 1. The molecule has 1 aromatic carbocycles. The van der Waals surface area contributed by atoms with Crippen LogP contribution in [0.25, 0.3) is 0 Å². The fraction of sp³-hybridized carbons (Fsp3) is 0.267. The predicted octanol–water partition coefficient (Wildman–Crippen LogP) is 2.75. The summed E-state index contributed by atoms with van der Waals surface area (Å²) in [6.07, 6.45) is -3.05. The Morgan fingerprint density at radius 1 is 1.27 bits per heavy atom. The first-order valence-corrected chi connectivity index (χ1v) is 6.45. The van der Waals surface area contributed by atoms with Gasteiger partial charge in [-0.1, -0.05) is 24.3 Å². The zero-order valence-electron chi connectivity index (χ0n) is 11.8. The van der Waals surface area contributed by atoms with Gasteiger partial charge in [-0.3, -0.25) is 4.79 Å². The number of benzene rings is 1. The molecule has 1 aromatic rings. The Bertz CT molecular complexity index is 623. The highest BCUT2D eigenvalue weighted by Crippen LogP contribution is 2.41. The molecule has 22 heavy (non-hydrogen) atoms. The number of anilines is 1. The van der Waals surface area contributed by atoms with E-state index in [-0.39, 0.29) is 5.57 Å². The van der Waals surface area contributed by atoms with E-state index in [0.717, 1.165) is 13.2 Å². The minimum Gasteiger partial charge on any atom is -0.499 e. The molecular weight excluding hydrogens is 297 g/mol. The highest BCUT2D eigenvalue weighted by Gasteiger charge is 2.57. The smallest absolute Gasteiger partial charge is 0.413 e. The number of hydrogen-bond donors (Lipinski definition) is 2. The van der Waals surface area contributed by atoms with Crippen LogP contribution in [-0.2, 0) is 9.53 Å². The summed E-state index contributed by atoms with van der Waals surface area (Å²) in [7, 11) is 1.11. The molecular formula is C15H15F3N2O2. The number of nitrogens with one attached hydrogen (secondary N) is 1. The van der Waals surface area contributed by atoms with Crippen molar-refractivity contribution in [1.82, 2.24) is 0 Å². The van der Waals surface area contributed by atoms with Crippen LogP contribution in [-0.4, -0.2) is 24.7 Å². The van der Waals surface area contributed by atoms with Gasteiger partial charge in [-0.2, -0.15) is 13.2 Å². The molecule has 0 spiro atoms. The molecule has 1 atom stereocenters. The molecule has 7 heteroatoms. The molecule has 4 nitrogen and oxygen atoms in total. The number of alkyl halides is 3. The minimum absolute atomic E-state index is 0.0653. The van der Waals surface area contributed by atoms with Crippen LogP contribution in [0.2, 0.25) is 0 Å². The molecule has 0 aromatic heterocycles. The molecule has 0 heterocycles. The summed E-state index contributed by atoms with van der Waals surface area (Å²) in [6.45, 7) is 0. The van der Waals surface area contributed by atoms with Crippen molar-refractivity contribution in [3.63, 3.8) is 0 Å². The summed E-state index contributed by atoms with van der Waals surface area (Å²) < 4.78 is 44.4. The van der Waals surface area contributed by atoms with Crippen LogP contribution in [0.5, 0.6) is 0 Å². The Balaban J connectivity index is 2.24. The number of carbonyl (C=O) groups is 1. The maximum Gasteiger partial charge on any atom is 0.413 e. The van der Waals surface area contributed by atoms with E-state index in [1.807, 2.05) is 0 Å². The summed E-state index contributed by atoms with van der Waals surface area (Å²) in [5.74, 6) is -1.05. The lowest BCUT2D eigenvalue weighted by Gasteiger charge is -2.35. The molecule has 2 rings (SSSR count). The Morgan fingerprint density at radius 2 is 1.91 bits per heavy atom. The average Bonchev–Trinajstić information content (AvgIpc) is 2.47. The molecule has 0 unspecified atom stereocenters. The van der Waals surface area contributed by atoms with Crippen molar-refractivity contribution >= 4 is 11.6 Å². The van der Waals surface area contributed by atoms with Gasteiger partial charge in [-0.05, 0) is 18.2 Å². The van der Waals surface area contributed by atoms with Gasteiger partial charge in [0.2, 0.25) is 0 Å². The third-order valence-electron chi connectivity index (χ3n) is 3.39. The van der Waals surface area contributed by atoms with Gasteiger partial charge in [-0.25, -0.2) is 0 Å². The highest BCUT2D eigenvalue weighted by atomic mass is 19.4. The van der Waals surface area contributed by atoms with Crippen molar-refractivity contribution in [3.8, 4) is 0 Å². The van der Waals surface area contributed by atoms with Crippen LogP contribution in [0, 0.1) is 0 Å². The SMILES string of the molecule is COC1=CC=C(C(=O)Nc2ccccc2)C[C@@]1(N)C(F)(F)F. The predicted molar refractivity (Wildman–Crippen MR) is 75.8 cm³/mol. The lowest BCUT2D eigenvalue weighted by atomic mass is 9.84. The molecule has 0 aliphatic heterocycles. The van der Waals surface area contributed by atoms with Crippen LogP contribution < -0.4 is 11.1 Å². The largest absolute Gasteiger partial charge is 0.499 e. The van der Waals surface area contributed by atoms with E-state index in [4.69, 9.17) is 10.5 Å². The Hall–Kier alpha value is -2.28. The van der Waals surface area contributed by atoms with Crippen molar-refractivity contribution in [2.75, 3.05) is 12.4 Å². The summed E-state index contributed by atoms with van der Waals surface area (Å²) in [5, 5.41) is 2.53. The Morgan fingerprint density at radius 3 is 2.45 bits per heavy atom. The van der Waals surface area contributed by atoms with Gasteiger partial charge in [0.25, 0.3) is 5.91 Å². The number of carbonyl (C=O) groups excluding carboxylic acids is 1. The van der Waals surface area contributed by atoms with E-state index in [1.165, 1.54) is 6.08 Å². The normalized spacial score (nSPS) is 21.7. The highest BCUT2D eigenvalue weighted by molar-refractivity contribution is 6.04. The number of ether oxygens (including phenoxy) is 1. The minimum atomic E-state index is -4.73. The number of rotatable bonds is 3. The molecule has 0 fully saturated rings. The van der Waals surface area contributed by atoms with Crippen molar-refractivity contribution in [2.45, 2.75) is 18.1 Å². The van der Waals surface area contributed by atoms with E-state index in [0.29, 0.717) is 5.69 Å². The molecule has 0 bridgehead atoms. The third kappa shape index (κ3) is 2.99. The van der Waals surface area contributed by atoms with Gasteiger partial charge in [0, 0.05) is 17.7 Å². The van der Waals surface area contributed by atoms with Crippen LogP contribution in [0.15, 0.2) is 53.8 Å². The molecule has 0 saturated heterocycles. The number of halogens is 3. The lowest BCUT2D eigenvalue weighted by molar-refractivity contribution is -0.183. The van der Waals surface area contributed by atoms with E-state index in [2.05, 4.69) is 5.32 Å². The topological polar surface area (TPSA) is 64.3 Å². The molecule has 1 amide bonds. The summed E-state index contributed by atoms with van der Waals surface area (Å²) in [5.41, 5.74) is 3.19. The Labute approximate surface area is 125 Å². The quantitative estimate of drug-likeness (QED) is 0.902. The Kier molecular flexibility index (Phi) is 4.27. The van der Waals surface area contributed by atoms with Gasteiger partial charge in [0.1, 0.15) is 5.76 Å². The standard InChI is InChI=1S/C15H15F3N2O2/c1-22-12-8-7-10(9-14(12,19)15(16,17)18)13(21)20-11-5-3-2-4-6-11/h2-8H,9,19H2,1H3,(H,20,21)/t14-/m0/s1. The van der Waals surface area contributed by atoms with Crippen LogP contribution in [0.3, 0.4) is 0 Å². The van der Waals surface area contributed by atoms with E-state index in [1.54, 1.807) is 30.3 Å². The fourth-order valence-corrected chi connectivity index (χ4v) is 2.15. The van der Waals surface area contributed by atoms with Crippen molar-refractivity contribution < 1.29 is 22.7 Å². The lowest BCUT2D eigenvalue weighted by Crippen LogP contribution is -2.56. The summed E-state index contributed by atoms with van der Waals surface area (Å²) in [6, 6.07) is 8.44. The fourth-order valence-electron chi connectivity index (χ4n) is 2.15. The zero-order chi connectivity index (χ0) is 16.4. The first-order valence-electron chi connectivity index (χ1n) is 6.45. The molecule has 0 radical (unpaired) electrons. The number of hydrogen-bond acceptors (Lipinski definition) is 3. The van der Waals surface area contributed by atoms with Crippen molar-refractivity contribution in [3.05, 3.63) is 53.8 Å². The summed E-state index contributed by atoms with van der Waals surface area (Å²) >= 11 is 0. The molecule has 118 valence electrons. The van der Waals surface area contributed by atoms with Crippen molar-refractivity contribution in [1.29, 1.82) is 0 Å². The van der Waals surface area contributed by atoms with Gasteiger partial charge in [0.15, 0.2) is 5.54 Å². The van der Waals surface area contributed by atoms with Gasteiger partial charge < -0.3 is 15.8 Å². The van der Waals surface area contributed by atoms with Gasteiger partial charge in [-0.15, -0.1) is 0 Å². The van der Waals surface area contributed by atoms with E-state index in [9.17, 15) is 18.0 Å². The van der Waals surface area contributed by atoms with Crippen molar-refractivity contribution in [2.24, 2.45) is 5.73 Å². The van der Waals surface area contributed by atoms with Crippen LogP contribution >= 0.6 is 0 Å². The van der Waals surface area contributed by atoms with Crippen LogP contribution in [0.1, 0.15) is 6.42 Å². The van der Waals surface area contributed by atoms with E-state index >= 15 is 0 Å². The average molecular weight is 312 g/mol. The second-order valence-corrected chi connectivity index (χ2v) is 4.89. The first kappa shape index (κ1) is 16.1. The van der Waals surface area contributed by atoms with Gasteiger partial charge in [0.05, 0.1) is 7.11 Å². The number of para-hydroxylation sites is 1. The maximum absolute atomic E-state index is 13.2. The number of allylic oxidation sites excluding steroid dienone is 2. The summed E-state index contributed by atoms with van der Waals surface area (Å²) in [4.78, 5) is 12.1. The van der Waals surface area contributed by atoms with Gasteiger partial charge >= 0.3 is 6.18 Å². The second-order valence-electron chi connectivity index (χ2n) is 4.89.